The van der Waals surface area contributed by atoms with Crippen LogP contribution in [0.4, 0.5) is 0 Å². The molecule has 1 aromatic rings. The van der Waals surface area contributed by atoms with Crippen LogP contribution in [0.25, 0.3) is 0 Å². The van der Waals surface area contributed by atoms with Crippen molar-refractivity contribution in [2.45, 2.75) is 13.0 Å². The van der Waals surface area contributed by atoms with Crippen LogP contribution < -0.4 is 10.5 Å². The summed E-state index contributed by atoms with van der Waals surface area (Å²) in [4.78, 5) is 0. The van der Waals surface area contributed by atoms with Crippen molar-refractivity contribution in [2.24, 2.45) is 5.14 Å². The summed E-state index contributed by atoms with van der Waals surface area (Å²) in [6.45, 7) is 1.35. The second-order valence-electron chi connectivity index (χ2n) is 3.49. The average Bonchev–Trinajstić information content (AvgIpc) is 2.18. The monoisotopic (exact) mass is 306 g/mol. The maximum absolute atomic E-state index is 10.7. The molecule has 0 atom stereocenters. The number of hydrogen-bond donors (Lipinski definition) is 2. The first-order valence-electron chi connectivity index (χ1n) is 4.93. The van der Waals surface area contributed by atoms with Crippen molar-refractivity contribution < 1.29 is 8.42 Å². The Bertz CT molecular complexity index is 434. The van der Waals surface area contributed by atoms with Crippen LogP contribution in [-0.4, -0.2) is 20.7 Å². The first-order valence-corrected chi connectivity index (χ1v) is 7.44. The van der Waals surface area contributed by atoms with Crippen molar-refractivity contribution >= 4 is 26.0 Å². The number of hydrogen-bond acceptors (Lipinski definition) is 3. The Morgan fingerprint density at radius 2 is 2.00 bits per heavy atom. The molecule has 0 heterocycles. The molecule has 0 spiro atoms. The number of benzene rings is 1. The lowest BCUT2D eigenvalue weighted by molar-refractivity contribution is 0.590. The second kappa shape index (κ2) is 6.34. The first-order chi connectivity index (χ1) is 7.49. The lowest BCUT2D eigenvalue weighted by Gasteiger charge is -2.06. The van der Waals surface area contributed by atoms with Gasteiger partial charge in [-0.05, 0) is 24.6 Å². The van der Waals surface area contributed by atoms with Crippen LogP contribution >= 0.6 is 15.9 Å². The van der Waals surface area contributed by atoms with Gasteiger partial charge in [-0.2, -0.15) is 0 Å². The standard InChI is InChI=1S/C10H15BrN2O2S/c11-10-5-2-1-4-9(10)8-13-6-3-7-16(12,14)15/h1-2,4-5,13H,3,6-8H2,(H2,12,14,15). The summed E-state index contributed by atoms with van der Waals surface area (Å²) in [5, 5.41) is 8.05. The van der Waals surface area contributed by atoms with Crippen molar-refractivity contribution in [1.82, 2.24) is 5.32 Å². The highest BCUT2D eigenvalue weighted by molar-refractivity contribution is 9.10. The summed E-state index contributed by atoms with van der Waals surface area (Å²) < 4.78 is 22.4. The predicted molar refractivity (Wildman–Crippen MR) is 68.4 cm³/mol. The van der Waals surface area contributed by atoms with E-state index in [1.807, 2.05) is 24.3 Å². The van der Waals surface area contributed by atoms with Crippen LogP contribution in [0.2, 0.25) is 0 Å². The lowest BCUT2D eigenvalue weighted by Crippen LogP contribution is -2.22. The normalized spacial score (nSPS) is 11.6. The van der Waals surface area contributed by atoms with Gasteiger partial charge in [0.05, 0.1) is 5.75 Å². The Kier molecular flexibility index (Phi) is 5.40. The molecular weight excluding hydrogens is 292 g/mol. The van der Waals surface area contributed by atoms with E-state index >= 15 is 0 Å². The molecular formula is C10H15BrN2O2S. The quantitative estimate of drug-likeness (QED) is 0.776. The fourth-order valence-corrected chi connectivity index (χ4v) is 2.23. The Morgan fingerprint density at radius 3 is 2.62 bits per heavy atom. The molecule has 0 fully saturated rings. The van der Waals surface area contributed by atoms with Gasteiger partial charge >= 0.3 is 0 Å². The van der Waals surface area contributed by atoms with Gasteiger partial charge in [0.25, 0.3) is 0 Å². The van der Waals surface area contributed by atoms with E-state index < -0.39 is 10.0 Å². The van der Waals surface area contributed by atoms with Gasteiger partial charge < -0.3 is 5.32 Å². The van der Waals surface area contributed by atoms with Crippen LogP contribution in [0.15, 0.2) is 28.7 Å². The van der Waals surface area contributed by atoms with E-state index in [2.05, 4.69) is 21.2 Å². The third-order valence-corrected chi connectivity index (χ3v) is 3.69. The van der Waals surface area contributed by atoms with Gasteiger partial charge in [-0.25, -0.2) is 13.6 Å². The van der Waals surface area contributed by atoms with Crippen molar-refractivity contribution in [2.75, 3.05) is 12.3 Å². The summed E-state index contributed by atoms with van der Waals surface area (Å²) in [6, 6.07) is 7.90. The highest BCUT2D eigenvalue weighted by Crippen LogP contribution is 2.15. The van der Waals surface area contributed by atoms with E-state index in [0.717, 1.165) is 10.0 Å². The minimum atomic E-state index is -3.33. The zero-order valence-electron chi connectivity index (χ0n) is 8.82. The van der Waals surface area contributed by atoms with E-state index in [-0.39, 0.29) is 5.75 Å². The molecule has 0 amide bonds. The van der Waals surface area contributed by atoms with Gasteiger partial charge in [0.2, 0.25) is 10.0 Å². The Balaban J connectivity index is 2.24. The number of rotatable bonds is 6. The van der Waals surface area contributed by atoms with Gasteiger partial charge in [-0.1, -0.05) is 34.1 Å². The van der Waals surface area contributed by atoms with Crippen molar-refractivity contribution in [1.29, 1.82) is 0 Å². The summed E-state index contributed by atoms with van der Waals surface area (Å²) in [5.41, 5.74) is 1.15. The molecule has 0 aromatic heterocycles. The SMILES string of the molecule is NS(=O)(=O)CCCNCc1ccccc1Br. The minimum absolute atomic E-state index is 0.0238. The molecule has 1 aromatic carbocycles. The minimum Gasteiger partial charge on any atom is -0.313 e. The zero-order chi connectivity index (χ0) is 12.0. The molecule has 0 unspecified atom stereocenters. The van der Waals surface area contributed by atoms with Crippen LogP contribution in [0.5, 0.6) is 0 Å². The van der Waals surface area contributed by atoms with E-state index in [0.29, 0.717) is 19.5 Å². The Morgan fingerprint density at radius 1 is 1.31 bits per heavy atom. The van der Waals surface area contributed by atoms with Crippen LogP contribution in [0, 0.1) is 0 Å². The molecule has 0 aliphatic carbocycles. The highest BCUT2D eigenvalue weighted by Gasteiger charge is 2.02. The van der Waals surface area contributed by atoms with Gasteiger partial charge in [0.15, 0.2) is 0 Å². The van der Waals surface area contributed by atoms with Crippen LogP contribution in [0.3, 0.4) is 0 Å². The fraction of sp³-hybridized carbons (Fsp3) is 0.400. The zero-order valence-corrected chi connectivity index (χ0v) is 11.2. The largest absolute Gasteiger partial charge is 0.313 e. The molecule has 1 rings (SSSR count). The maximum Gasteiger partial charge on any atom is 0.209 e. The van der Waals surface area contributed by atoms with Gasteiger partial charge in [0, 0.05) is 11.0 Å². The van der Waals surface area contributed by atoms with Gasteiger partial charge in [0.1, 0.15) is 0 Å². The summed E-state index contributed by atoms with van der Waals surface area (Å²) >= 11 is 3.44. The molecule has 4 nitrogen and oxygen atoms in total. The fourth-order valence-electron chi connectivity index (χ4n) is 1.26. The van der Waals surface area contributed by atoms with E-state index in [1.165, 1.54) is 0 Å². The third kappa shape index (κ3) is 5.60. The maximum atomic E-state index is 10.7. The summed E-state index contributed by atoms with van der Waals surface area (Å²) in [6.07, 6.45) is 0.531. The first kappa shape index (κ1) is 13.6. The molecule has 16 heavy (non-hydrogen) atoms. The van der Waals surface area contributed by atoms with Crippen LogP contribution in [-0.2, 0) is 16.6 Å². The molecule has 6 heteroatoms. The number of halogens is 1. The smallest absolute Gasteiger partial charge is 0.209 e. The molecule has 0 saturated heterocycles. The van der Waals surface area contributed by atoms with Crippen molar-refractivity contribution in [3.8, 4) is 0 Å². The molecule has 0 bridgehead atoms. The Hall–Kier alpha value is -0.430. The lowest BCUT2D eigenvalue weighted by atomic mass is 10.2. The van der Waals surface area contributed by atoms with Crippen molar-refractivity contribution in [3.63, 3.8) is 0 Å². The number of primary sulfonamides is 1. The average molecular weight is 307 g/mol. The number of nitrogens with two attached hydrogens (primary N) is 1. The molecule has 0 saturated carbocycles. The second-order valence-corrected chi connectivity index (χ2v) is 6.08. The van der Waals surface area contributed by atoms with E-state index in [1.54, 1.807) is 0 Å². The van der Waals surface area contributed by atoms with E-state index in [9.17, 15) is 8.42 Å². The number of nitrogens with one attached hydrogen (secondary N) is 1. The topological polar surface area (TPSA) is 72.2 Å². The summed E-state index contributed by atoms with van der Waals surface area (Å²) in [5.74, 6) is 0.0238. The molecule has 3 N–H and O–H groups in total. The Labute approximate surface area is 104 Å². The number of sulfonamides is 1. The third-order valence-electron chi connectivity index (χ3n) is 2.06. The highest BCUT2D eigenvalue weighted by atomic mass is 79.9. The molecule has 0 radical (unpaired) electrons. The predicted octanol–water partition coefficient (Wildman–Crippen LogP) is 1.22. The molecule has 0 aliphatic heterocycles. The van der Waals surface area contributed by atoms with Crippen molar-refractivity contribution in [3.05, 3.63) is 34.3 Å². The van der Waals surface area contributed by atoms with E-state index in [4.69, 9.17) is 5.14 Å². The van der Waals surface area contributed by atoms with Gasteiger partial charge in [-0.15, -0.1) is 0 Å². The molecule has 0 aliphatic rings. The van der Waals surface area contributed by atoms with Gasteiger partial charge in [-0.3, -0.25) is 0 Å². The summed E-state index contributed by atoms with van der Waals surface area (Å²) in [7, 11) is -3.33. The van der Waals surface area contributed by atoms with Crippen LogP contribution in [0.1, 0.15) is 12.0 Å². The molecule has 90 valence electrons.